The van der Waals surface area contributed by atoms with Gasteiger partial charge in [-0.2, -0.15) is 5.26 Å². The first kappa shape index (κ1) is 18.6. The Bertz CT molecular complexity index is 937. The summed E-state index contributed by atoms with van der Waals surface area (Å²) in [6, 6.07) is 17.3. The van der Waals surface area contributed by atoms with Crippen LogP contribution in [-0.2, 0) is 4.79 Å². The number of hydrogen-bond donors (Lipinski definition) is 0. The molecule has 8 heteroatoms. The van der Waals surface area contributed by atoms with Crippen molar-refractivity contribution in [1.82, 2.24) is 14.8 Å². The summed E-state index contributed by atoms with van der Waals surface area (Å²) in [6.07, 6.45) is 1.78. The Morgan fingerprint density at radius 3 is 2.63 bits per heavy atom. The number of nitrogens with zero attached hydrogens (tertiary/aromatic N) is 5. The first-order chi connectivity index (χ1) is 13.2. The number of nitriles is 1. The van der Waals surface area contributed by atoms with E-state index in [1.165, 1.54) is 40.9 Å². The highest BCUT2D eigenvalue weighted by atomic mass is 32.2. The molecule has 2 aromatic carbocycles. The Morgan fingerprint density at radius 1 is 1.19 bits per heavy atom. The molecule has 3 aromatic rings. The maximum absolute atomic E-state index is 13.2. The molecule has 136 valence electrons. The lowest BCUT2D eigenvalue weighted by molar-refractivity contribution is -0.116. The van der Waals surface area contributed by atoms with Gasteiger partial charge in [0.2, 0.25) is 5.91 Å². The van der Waals surface area contributed by atoms with Crippen LogP contribution in [-0.4, -0.2) is 33.0 Å². The monoisotopic (exact) mass is 381 g/mol. The van der Waals surface area contributed by atoms with Crippen LogP contribution in [0.3, 0.4) is 0 Å². The average Bonchev–Trinajstić information content (AvgIpc) is 3.17. The third-order valence-corrected chi connectivity index (χ3v) is 4.69. The van der Waals surface area contributed by atoms with E-state index in [0.29, 0.717) is 10.8 Å². The number of para-hydroxylation sites is 1. The van der Waals surface area contributed by atoms with E-state index in [0.717, 1.165) is 5.69 Å². The van der Waals surface area contributed by atoms with E-state index in [9.17, 15) is 9.18 Å². The number of hydrogen-bond acceptors (Lipinski definition) is 5. The van der Waals surface area contributed by atoms with Crippen LogP contribution in [0, 0.1) is 17.1 Å². The standard InChI is InChI=1S/C19H16FN5OS/c20-15-7-9-17(10-8-15)24(12-4-11-21)18(26)13-27-19-23-22-14-25(19)16-5-2-1-3-6-16/h1-3,5-10,14H,4,12-13H2. The van der Waals surface area contributed by atoms with Gasteiger partial charge < -0.3 is 4.90 Å². The highest BCUT2D eigenvalue weighted by molar-refractivity contribution is 7.99. The van der Waals surface area contributed by atoms with Gasteiger partial charge in [-0.15, -0.1) is 10.2 Å². The summed E-state index contributed by atoms with van der Waals surface area (Å²) in [6.45, 7) is 0.243. The first-order valence-corrected chi connectivity index (χ1v) is 9.18. The van der Waals surface area contributed by atoms with Gasteiger partial charge in [-0.3, -0.25) is 9.36 Å². The van der Waals surface area contributed by atoms with E-state index in [4.69, 9.17) is 5.26 Å². The maximum Gasteiger partial charge on any atom is 0.237 e. The van der Waals surface area contributed by atoms with Crippen LogP contribution in [0.15, 0.2) is 66.1 Å². The van der Waals surface area contributed by atoms with Gasteiger partial charge in [0.25, 0.3) is 0 Å². The quantitative estimate of drug-likeness (QED) is 0.586. The molecule has 0 aliphatic rings. The molecule has 6 nitrogen and oxygen atoms in total. The van der Waals surface area contributed by atoms with Gasteiger partial charge >= 0.3 is 0 Å². The van der Waals surface area contributed by atoms with Crippen LogP contribution >= 0.6 is 11.8 Å². The Kier molecular flexibility index (Phi) is 6.18. The number of thioether (sulfide) groups is 1. The van der Waals surface area contributed by atoms with Gasteiger partial charge in [0.05, 0.1) is 18.2 Å². The normalized spacial score (nSPS) is 10.4. The van der Waals surface area contributed by atoms with Gasteiger partial charge in [0, 0.05) is 17.9 Å². The Balaban J connectivity index is 1.72. The largest absolute Gasteiger partial charge is 0.311 e. The van der Waals surface area contributed by atoms with Gasteiger partial charge in [-0.25, -0.2) is 4.39 Å². The predicted molar refractivity (Wildman–Crippen MR) is 101 cm³/mol. The minimum atomic E-state index is -0.378. The second kappa shape index (κ2) is 8.96. The molecule has 0 aliphatic heterocycles. The minimum absolute atomic E-state index is 0.119. The average molecular weight is 381 g/mol. The fourth-order valence-corrected chi connectivity index (χ4v) is 3.28. The molecule has 0 saturated carbocycles. The van der Waals surface area contributed by atoms with Gasteiger partial charge in [0.1, 0.15) is 12.1 Å². The molecule has 0 radical (unpaired) electrons. The number of aromatic nitrogens is 3. The molecule has 0 N–H and O–H groups in total. The number of amides is 1. The van der Waals surface area contributed by atoms with Gasteiger partial charge in [-0.05, 0) is 36.4 Å². The highest BCUT2D eigenvalue weighted by Gasteiger charge is 2.17. The van der Waals surface area contributed by atoms with E-state index in [-0.39, 0.29) is 30.4 Å². The topological polar surface area (TPSA) is 74.8 Å². The number of rotatable bonds is 7. The molecule has 1 heterocycles. The van der Waals surface area contributed by atoms with Crippen molar-refractivity contribution in [3.8, 4) is 11.8 Å². The second-order valence-corrected chi connectivity index (χ2v) is 6.48. The smallest absolute Gasteiger partial charge is 0.237 e. The zero-order chi connectivity index (χ0) is 19.1. The van der Waals surface area contributed by atoms with Gasteiger partial charge in [0.15, 0.2) is 5.16 Å². The minimum Gasteiger partial charge on any atom is -0.311 e. The number of carbonyl (C=O) groups excluding carboxylic acids is 1. The van der Waals surface area contributed by atoms with Crippen molar-refractivity contribution >= 4 is 23.4 Å². The van der Waals surface area contributed by atoms with Crippen molar-refractivity contribution in [3.63, 3.8) is 0 Å². The van der Waals surface area contributed by atoms with E-state index < -0.39 is 0 Å². The van der Waals surface area contributed by atoms with Crippen LogP contribution in [0.5, 0.6) is 0 Å². The summed E-state index contributed by atoms with van der Waals surface area (Å²) in [7, 11) is 0. The number of halogens is 1. The number of benzene rings is 2. The van der Waals surface area contributed by atoms with Gasteiger partial charge in [-0.1, -0.05) is 30.0 Å². The van der Waals surface area contributed by atoms with Crippen molar-refractivity contribution in [2.24, 2.45) is 0 Å². The lowest BCUT2D eigenvalue weighted by Crippen LogP contribution is -2.33. The Hall–Kier alpha value is -3.18. The second-order valence-electron chi connectivity index (χ2n) is 5.54. The summed E-state index contributed by atoms with van der Waals surface area (Å²) in [5.41, 5.74) is 1.46. The Morgan fingerprint density at radius 2 is 1.93 bits per heavy atom. The van der Waals surface area contributed by atoms with Crippen molar-refractivity contribution in [1.29, 1.82) is 5.26 Å². The summed E-state index contributed by atoms with van der Waals surface area (Å²) in [5, 5.41) is 17.4. The molecule has 0 aliphatic carbocycles. The molecular weight excluding hydrogens is 365 g/mol. The van der Waals surface area contributed by atoms with E-state index in [1.807, 2.05) is 36.4 Å². The van der Waals surface area contributed by atoms with Crippen LogP contribution in [0.25, 0.3) is 5.69 Å². The van der Waals surface area contributed by atoms with Crippen LogP contribution in [0.1, 0.15) is 6.42 Å². The van der Waals surface area contributed by atoms with Crippen LogP contribution in [0.4, 0.5) is 10.1 Å². The van der Waals surface area contributed by atoms with E-state index >= 15 is 0 Å². The Labute approximate surface area is 160 Å². The fraction of sp³-hybridized carbons (Fsp3) is 0.158. The summed E-state index contributed by atoms with van der Waals surface area (Å²) in [5.74, 6) is -0.449. The molecule has 0 bridgehead atoms. The summed E-state index contributed by atoms with van der Waals surface area (Å²) >= 11 is 1.26. The third-order valence-electron chi connectivity index (χ3n) is 3.76. The maximum atomic E-state index is 13.2. The first-order valence-electron chi connectivity index (χ1n) is 8.20. The number of anilines is 1. The van der Waals surface area contributed by atoms with Crippen LogP contribution < -0.4 is 4.90 Å². The molecule has 0 unspecified atom stereocenters. The summed E-state index contributed by atoms with van der Waals surface area (Å²) in [4.78, 5) is 14.2. The van der Waals surface area contributed by atoms with Crippen molar-refractivity contribution in [3.05, 3.63) is 66.7 Å². The highest BCUT2D eigenvalue weighted by Crippen LogP contribution is 2.22. The molecule has 0 saturated heterocycles. The molecule has 0 atom stereocenters. The molecule has 1 amide bonds. The van der Waals surface area contributed by atoms with Crippen molar-refractivity contribution < 1.29 is 9.18 Å². The van der Waals surface area contributed by atoms with Crippen molar-refractivity contribution in [2.75, 3.05) is 17.2 Å². The SMILES string of the molecule is N#CCCN(C(=O)CSc1nncn1-c1ccccc1)c1ccc(F)cc1. The van der Waals surface area contributed by atoms with Crippen LogP contribution in [0.2, 0.25) is 0 Å². The molecule has 1 aromatic heterocycles. The molecular formula is C19H16FN5OS. The third kappa shape index (κ3) is 4.71. The van der Waals surface area contributed by atoms with Crippen molar-refractivity contribution in [2.45, 2.75) is 11.6 Å². The summed E-state index contributed by atoms with van der Waals surface area (Å²) < 4.78 is 15.0. The predicted octanol–water partition coefficient (Wildman–Crippen LogP) is 3.45. The molecule has 3 rings (SSSR count). The lowest BCUT2D eigenvalue weighted by Gasteiger charge is -2.21. The lowest BCUT2D eigenvalue weighted by atomic mass is 10.2. The van der Waals surface area contributed by atoms with E-state index in [2.05, 4.69) is 10.2 Å². The zero-order valence-electron chi connectivity index (χ0n) is 14.3. The van der Waals surface area contributed by atoms with E-state index in [1.54, 1.807) is 10.9 Å². The molecule has 27 heavy (non-hydrogen) atoms. The molecule has 0 spiro atoms. The number of carbonyl (C=O) groups is 1. The zero-order valence-corrected chi connectivity index (χ0v) is 15.1. The molecule has 0 fully saturated rings. The fourth-order valence-electron chi connectivity index (χ4n) is 2.47.